The number of halogens is 1. The summed E-state index contributed by atoms with van der Waals surface area (Å²) < 4.78 is 0. The first kappa shape index (κ1) is 8.35. The van der Waals surface area contributed by atoms with Gasteiger partial charge < -0.3 is 4.90 Å². The maximum absolute atomic E-state index is 11.0. The first-order chi connectivity index (χ1) is 5.29. The summed E-state index contributed by atoms with van der Waals surface area (Å²) in [5.74, 6) is -0.145. The second-order valence-electron chi connectivity index (χ2n) is 2.51. The van der Waals surface area contributed by atoms with Crippen LogP contribution in [0.2, 0.25) is 0 Å². The molecule has 1 saturated heterocycles. The van der Waals surface area contributed by atoms with Crippen molar-refractivity contribution in [3.8, 4) is 6.07 Å². The summed E-state index contributed by atoms with van der Waals surface area (Å²) in [4.78, 5) is 12.6. The zero-order valence-corrected chi connectivity index (χ0v) is 6.84. The van der Waals surface area contributed by atoms with Gasteiger partial charge in [-0.2, -0.15) is 5.26 Å². The lowest BCUT2D eigenvalue weighted by Gasteiger charge is -2.17. The number of carbonyl (C=O) groups excluding carboxylic acids is 1. The number of hydrogen-bond donors (Lipinski definition) is 0. The van der Waals surface area contributed by atoms with Crippen molar-refractivity contribution in [1.29, 1.82) is 5.26 Å². The molecule has 0 aromatic heterocycles. The number of nitrogens with zero attached hydrogens (tertiary/aromatic N) is 2. The highest BCUT2D eigenvalue weighted by atomic mass is 35.5. The van der Waals surface area contributed by atoms with E-state index in [4.69, 9.17) is 16.9 Å². The van der Waals surface area contributed by atoms with E-state index in [1.807, 2.05) is 0 Å². The van der Waals surface area contributed by atoms with E-state index >= 15 is 0 Å². The van der Waals surface area contributed by atoms with Crippen LogP contribution in [0.5, 0.6) is 0 Å². The van der Waals surface area contributed by atoms with Crippen LogP contribution in [0, 0.1) is 11.3 Å². The quantitative estimate of drug-likeness (QED) is 0.548. The molecule has 0 saturated carbocycles. The van der Waals surface area contributed by atoms with Crippen molar-refractivity contribution < 1.29 is 4.79 Å². The Morgan fingerprint density at radius 1 is 1.82 bits per heavy atom. The number of hydrogen-bond acceptors (Lipinski definition) is 2. The average molecular weight is 173 g/mol. The minimum absolute atomic E-state index is 0.0157. The van der Waals surface area contributed by atoms with Crippen LogP contribution in [0.1, 0.15) is 12.8 Å². The van der Waals surface area contributed by atoms with E-state index in [9.17, 15) is 4.79 Å². The Bertz CT molecular complexity index is 199. The molecule has 1 fully saturated rings. The van der Waals surface area contributed by atoms with Gasteiger partial charge in [-0.3, -0.25) is 4.79 Å². The van der Waals surface area contributed by atoms with Gasteiger partial charge in [0.05, 0.1) is 6.07 Å². The van der Waals surface area contributed by atoms with Crippen molar-refractivity contribution in [2.24, 2.45) is 0 Å². The molecule has 0 aromatic rings. The predicted molar refractivity (Wildman–Crippen MR) is 41.1 cm³/mol. The van der Waals surface area contributed by atoms with Gasteiger partial charge in [-0.05, 0) is 12.8 Å². The van der Waals surface area contributed by atoms with Crippen molar-refractivity contribution in [2.45, 2.75) is 18.9 Å². The smallest absolute Gasteiger partial charge is 0.238 e. The number of carbonyl (C=O) groups is 1. The van der Waals surface area contributed by atoms with Crippen LogP contribution in [-0.2, 0) is 4.79 Å². The molecule has 0 aromatic carbocycles. The molecule has 0 spiro atoms. The van der Waals surface area contributed by atoms with E-state index in [0.717, 1.165) is 12.8 Å². The molecule has 1 aliphatic rings. The van der Waals surface area contributed by atoms with Crippen LogP contribution in [0.15, 0.2) is 0 Å². The Labute approximate surface area is 70.5 Å². The van der Waals surface area contributed by atoms with Crippen molar-refractivity contribution in [3.63, 3.8) is 0 Å². The maximum Gasteiger partial charge on any atom is 0.238 e. The molecular formula is C7H9ClN2O. The number of rotatable bonds is 1. The Kier molecular flexibility index (Phi) is 2.72. The number of amides is 1. The van der Waals surface area contributed by atoms with E-state index in [0.29, 0.717) is 6.54 Å². The lowest BCUT2D eigenvalue weighted by molar-refractivity contribution is -0.128. The van der Waals surface area contributed by atoms with E-state index < -0.39 is 0 Å². The van der Waals surface area contributed by atoms with Crippen LogP contribution in [-0.4, -0.2) is 29.3 Å². The monoisotopic (exact) mass is 172 g/mol. The first-order valence-electron chi connectivity index (χ1n) is 3.54. The maximum atomic E-state index is 11.0. The Morgan fingerprint density at radius 2 is 2.55 bits per heavy atom. The molecule has 0 aliphatic carbocycles. The van der Waals surface area contributed by atoms with Crippen LogP contribution in [0.3, 0.4) is 0 Å². The zero-order chi connectivity index (χ0) is 8.27. The molecule has 1 amide bonds. The third-order valence-corrected chi connectivity index (χ3v) is 2.07. The van der Waals surface area contributed by atoms with Gasteiger partial charge in [0.2, 0.25) is 5.91 Å². The minimum atomic E-state index is -0.235. The SMILES string of the molecule is N#CC1CCCN1C(=O)CCl. The highest BCUT2D eigenvalue weighted by Gasteiger charge is 2.27. The summed E-state index contributed by atoms with van der Waals surface area (Å²) in [6, 6.07) is 1.84. The van der Waals surface area contributed by atoms with Gasteiger partial charge in [-0.1, -0.05) is 0 Å². The van der Waals surface area contributed by atoms with Gasteiger partial charge in [0.1, 0.15) is 11.9 Å². The number of alkyl halides is 1. The fourth-order valence-corrected chi connectivity index (χ4v) is 1.43. The molecule has 1 heterocycles. The summed E-state index contributed by atoms with van der Waals surface area (Å²) in [5.41, 5.74) is 0. The third kappa shape index (κ3) is 1.63. The van der Waals surface area contributed by atoms with Crippen LogP contribution >= 0.6 is 11.6 Å². The van der Waals surface area contributed by atoms with Crippen LogP contribution < -0.4 is 0 Å². The molecule has 1 aliphatic heterocycles. The molecule has 3 nitrogen and oxygen atoms in total. The van der Waals surface area contributed by atoms with Gasteiger partial charge >= 0.3 is 0 Å². The lowest BCUT2D eigenvalue weighted by atomic mass is 10.2. The van der Waals surface area contributed by atoms with Crippen LogP contribution in [0.25, 0.3) is 0 Å². The summed E-state index contributed by atoms with van der Waals surface area (Å²) >= 11 is 5.35. The molecule has 0 bridgehead atoms. The van der Waals surface area contributed by atoms with E-state index in [1.165, 1.54) is 0 Å². The molecular weight excluding hydrogens is 164 g/mol. The molecule has 1 unspecified atom stereocenters. The highest BCUT2D eigenvalue weighted by Crippen LogP contribution is 2.16. The molecule has 1 atom stereocenters. The fraction of sp³-hybridized carbons (Fsp3) is 0.714. The zero-order valence-electron chi connectivity index (χ0n) is 6.09. The number of nitriles is 1. The Morgan fingerprint density at radius 3 is 3.09 bits per heavy atom. The Balaban J connectivity index is 2.58. The van der Waals surface area contributed by atoms with Gasteiger partial charge in [0.25, 0.3) is 0 Å². The summed E-state index contributed by atoms with van der Waals surface area (Å²) in [6.07, 6.45) is 1.71. The van der Waals surface area contributed by atoms with Gasteiger partial charge in [-0.25, -0.2) is 0 Å². The Hall–Kier alpha value is -0.750. The van der Waals surface area contributed by atoms with Crippen LogP contribution in [0.4, 0.5) is 0 Å². The molecule has 0 N–H and O–H groups in total. The summed E-state index contributed by atoms with van der Waals surface area (Å²) in [5, 5.41) is 8.59. The fourth-order valence-electron chi connectivity index (χ4n) is 1.28. The molecule has 0 radical (unpaired) electrons. The minimum Gasteiger partial charge on any atom is -0.326 e. The second-order valence-corrected chi connectivity index (χ2v) is 2.78. The van der Waals surface area contributed by atoms with Crippen molar-refractivity contribution in [1.82, 2.24) is 4.90 Å². The predicted octanol–water partition coefficient (Wildman–Crippen LogP) is 0.740. The highest BCUT2D eigenvalue weighted by molar-refractivity contribution is 6.27. The van der Waals surface area contributed by atoms with Crippen molar-refractivity contribution in [3.05, 3.63) is 0 Å². The van der Waals surface area contributed by atoms with Gasteiger partial charge in [-0.15, -0.1) is 11.6 Å². The summed E-state index contributed by atoms with van der Waals surface area (Å²) in [6.45, 7) is 0.684. The van der Waals surface area contributed by atoms with Gasteiger partial charge in [0.15, 0.2) is 0 Å². The molecule has 1 rings (SSSR count). The van der Waals surface area contributed by atoms with E-state index in [-0.39, 0.29) is 17.8 Å². The second kappa shape index (κ2) is 3.59. The lowest BCUT2D eigenvalue weighted by Crippen LogP contribution is -2.35. The first-order valence-corrected chi connectivity index (χ1v) is 4.08. The van der Waals surface area contributed by atoms with Gasteiger partial charge in [0, 0.05) is 6.54 Å². The largest absolute Gasteiger partial charge is 0.326 e. The standard InChI is InChI=1S/C7H9ClN2O/c8-4-7(11)10-3-1-2-6(10)5-9/h6H,1-4H2. The normalized spacial score (nSPS) is 23.3. The molecule has 11 heavy (non-hydrogen) atoms. The third-order valence-electron chi connectivity index (χ3n) is 1.84. The topological polar surface area (TPSA) is 44.1 Å². The van der Waals surface area contributed by atoms with Crippen molar-refractivity contribution in [2.75, 3.05) is 12.4 Å². The average Bonchev–Trinajstić information content (AvgIpc) is 2.50. The summed E-state index contributed by atoms with van der Waals surface area (Å²) in [7, 11) is 0. The molecule has 60 valence electrons. The van der Waals surface area contributed by atoms with E-state index in [1.54, 1.807) is 4.90 Å². The van der Waals surface area contributed by atoms with Crippen molar-refractivity contribution >= 4 is 17.5 Å². The number of likely N-dealkylation sites (tertiary alicyclic amines) is 1. The van der Waals surface area contributed by atoms with E-state index in [2.05, 4.69) is 6.07 Å². The molecule has 4 heteroatoms.